The highest BCUT2D eigenvalue weighted by atomic mass is 16.8. The molecule has 1 aromatic rings. The van der Waals surface area contributed by atoms with Gasteiger partial charge in [-0.1, -0.05) is 30.3 Å². The van der Waals surface area contributed by atoms with Crippen molar-refractivity contribution in [3.63, 3.8) is 0 Å². The van der Waals surface area contributed by atoms with Crippen LogP contribution in [-0.4, -0.2) is 11.8 Å². The van der Waals surface area contributed by atoms with Crippen molar-refractivity contribution >= 4 is 5.97 Å². The topological polar surface area (TPSA) is 38.8 Å². The van der Waals surface area contributed by atoms with E-state index in [9.17, 15) is 4.79 Å². The van der Waals surface area contributed by atoms with Gasteiger partial charge in [0.15, 0.2) is 6.10 Å². The SMILES string of the molecule is O=C1CCCC2(O1)OC2c1ccccc1. The van der Waals surface area contributed by atoms with Gasteiger partial charge in [0.1, 0.15) is 0 Å². The van der Waals surface area contributed by atoms with Gasteiger partial charge in [0.2, 0.25) is 5.79 Å². The first-order valence-electron chi connectivity index (χ1n) is 5.25. The third-order valence-electron chi connectivity index (χ3n) is 2.95. The lowest BCUT2D eigenvalue weighted by Gasteiger charge is -2.18. The minimum absolute atomic E-state index is 0.0528. The summed E-state index contributed by atoms with van der Waals surface area (Å²) in [6, 6.07) is 9.90. The maximum atomic E-state index is 11.2. The average molecular weight is 204 g/mol. The van der Waals surface area contributed by atoms with Crippen molar-refractivity contribution in [2.75, 3.05) is 0 Å². The standard InChI is InChI=1S/C12H12O3/c13-10-7-4-8-12(14-10)11(15-12)9-5-2-1-3-6-9/h1-3,5-6,11H,4,7-8H2. The summed E-state index contributed by atoms with van der Waals surface area (Å²) in [4.78, 5) is 11.2. The summed E-state index contributed by atoms with van der Waals surface area (Å²) in [5, 5.41) is 0. The number of rotatable bonds is 1. The minimum atomic E-state index is -0.628. The van der Waals surface area contributed by atoms with E-state index in [1.807, 2.05) is 30.3 Å². The van der Waals surface area contributed by atoms with Crippen LogP contribution in [0.3, 0.4) is 0 Å². The number of carbonyl (C=O) groups excluding carboxylic acids is 1. The molecule has 15 heavy (non-hydrogen) atoms. The fraction of sp³-hybridized carbons (Fsp3) is 0.417. The summed E-state index contributed by atoms with van der Waals surface area (Å²) in [7, 11) is 0. The van der Waals surface area contributed by atoms with E-state index in [4.69, 9.17) is 9.47 Å². The molecule has 2 aliphatic heterocycles. The molecule has 78 valence electrons. The molecule has 3 rings (SSSR count). The molecule has 0 aliphatic carbocycles. The zero-order valence-corrected chi connectivity index (χ0v) is 8.31. The third-order valence-corrected chi connectivity index (χ3v) is 2.95. The van der Waals surface area contributed by atoms with Crippen LogP contribution in [0.25, 0.3) is 0 Å². The number of hydrogen-bond acceptors (Lipinski definition) is 3. The van der Waals surface area contributed by atoms with E-state index in [0.717, 1.165) is 18.4 Å². The zero-order chi connectivity index (χ0) is 10.3. The highest BCUT2D eigenvalue weighted by molar-refractivity contribution is 5.71. The monoisotopic (exact) mass is 204 g/mol. The molecule has 2 fully saturated rings. The van der Waals surface area contributed by atoms with Gasteiger partial charge < -0.3 is 9.47 Å². The molecule has 0 bridgehead atoms. The number of benzene rings is 1. The molecule has 1 aromatic carbocycles. The van der Waals surface area contributed by atoms with Crippen LogP contribution in [0.2, 0.25) is 0 Å². The number of ether oxygens (including phenoxy) is 2. The predicted molar refractivity (Wildman–Crippen MR) is 52.9 cm³/mol. The molecule has 3 heteroatoms. The fourth-order valence-corrected chi connectivity index (χ4v) is 2.16. The predicted octanol–water partition coefficient (Wildman–Crippen LogP) is 2.18. The third kappa shape index (κ3) is 1.43. The summed E-state index contributed by atoms with van der Waals surface area (Å²) >= 11 is 0. The molecular weight excluding hydrogens is 192 g/mol. The Morgan fingerprint density at radius 2 is 2.07 bits per heavy atom. The van der Waals surface area contributed by atoms with E-state index >= 15 is 0 Å². The fourth-order valence-electron chi connectivity index (χ4n) is 2.16. The van der Waals surface area contributed by atoms with Crippen LogP contribution in [0, 0.1) is 0 Å². The summed E-state index contributed by atoms with van der Waals surface area (Å²) in [6.07, 6.45) is 2.15. The van der Waals surface area contributed by atoms with Crippen molar-refractivity contribution in [3.05, 3.63) is 35.9 Å². The van der Waals surface area contributed by atoms with Gasteiger partial charge in [-0.3, -0.25) is 4.79 Å². The van der Waals surface area contributed by atoms with Crippen molar-refractivity contribution in [1.82, 2.24) is 0 Å². The van der Waals surface area contributed by atoms with Crippen molar-refractivity contribution < 1.29 is 14.3 Å². The molecule has 0 radical (unpaired) electrons. The smallest absolute Gasteiger partial charge is 0.308 e. The van der Waals surface area contributed by atoms with Crippen molar-refractivity contribution in [2.45, 2.75) is 31.2 Å². The van der Waals surface area contributed by atoms with E-state index < -0.39 is 5.79 Å². The van der Waals surface area contributed by atoms with Crippen LogP contribution < -0.4 is 0 Å². The maximum Gasteiger partial charge on any atom is 0.308 e. The molecule has 0 aromatic heterocycles. The molecule has 2 atom stereocenters. The van der Waals surface area contributed by atoms with Crippen LogP contribution >= 0.6 is 0 Å². The van der Waals surface area contributed by atoms with Crippen molar-refractivity contribution in [3.8, 4) is 0 Å². The van der Waals surface area contributed by atoms with E-state index in [2.05, 4.69) is 0 Å². The number of hydrogen-bond donors (Lipinski definition) is 0. The molecule has 0 amide bonds. The molecule has 0 saturated carbocycles. The number of carbonyl (C=O) groups is 1. The number of epoxide rings is 1. The lowest BCUT2D eigenvalue weighted by atomic mass is 10.0. The second-order valence-corrected chi connectivity index (χ2v) is 4.05. The Balaban J connectivity index is 1.80. The van der Waals surface area contributed by atoms with Gasteiger partial charge in [-0.2, -0.15) is 0 Å². The Morgan fingerprint density at radius 1 is 1.27 bits per heavy atom. The molecule has 3 nitrogen and oxygen atoms in total. The first-order valence-corrected chi connectivity index (χ1v) is 5.25. The van der Waals surface area contributed by atoms with Gasteiger partial charge >= 0.3 is 5.97 Å². The lowest BCUT2D eigenvalue weighted by molar-refractivity contribution is -0.165. The molecule has 2 saturated heterocycles. The molecule has 1 spiro atoms. The van der Waals surface area contributed by atoms with Gasteiger partial charge in [0.05, 0.1) is 0 Å². The Labute approximate surface area is 88.0 Å². The first-order chi connectivity index (χ1) is 7.30. The Bertz CT molecular complexity index is 387. The van der Waals surface area contributed by atoms with Gasteiger partial charge in [-0.25, -0.2) is 0 Å². The quantitative estimate of drug-likeness (QED) is 0.520. The Hall–Kier alpha value is -1.35. The normalized spacial score (nSPS) is 33.9. The Morgan fingerprint density at radius 3 is 2.80 bits per heavy atom. The molecule has 2 heterocycles. The molecule has 2 aliphatic rings. The van der Waals surface area contributed by atoms with Gasteiger partial charge in [0.25, 0.3) is 0 Å². The highest BCUT2D eigenvalue weighted by Crippen LogP contribution is 2.55. The van der Waals surface area contributed by atoms with Crippen molar-refractivity contribution in [1.29, 1.82) is 0 Å². The van der Waals surface area contributed by atoms with Crippen LogP contribution in [0.5, 0.6) is 0 Å². The van der Waals surface area contributed by atoms with E-state index in [1.54, 1.807) is 0 Å². The largest absolute Gasteiger partial charge is 0.430 e. The second kappa shape index (κ2) is 3.07. The van der Waals surface area contributed by atoms with E-state index in [0.29, 0.717) is 6.42 Å². The van der Waals surface area contributed by atoms with Crippen LogP contribution in [0.15, 0.2) is 30.3 Å². The summed E-state index contributed by atoms with van der Waals surface area (Å²) < 4.78 is 10.8. The second-order valence-electron chi connectivity index (χ2n) is 4.05. The highest BCUT2D eigenvalue weighted by Gasteiger charge is 2.61. The first kappa shape index (κ1) is 8.92. The van der Waals surface area contributed by atoms with Gasteiger partial charge in [-0.15, -0.1) is 0 Å². The molecule has 0 N–H and O–H groups in total. The molecular formula is C12H12O3. The zero-order valence-electron chi connectivity index (χ0n) is 8.31. The van der Waals surface area contributed by atoms with E-state index in [1.165, 1.54) is 0 Å². The summed E-state index contributed by atoms with van der Waals surface area (Å²) in [5.74, 6) is -0.767. The Kier molecular flexibility index (Phi) is 1.83. The summed E-state index contributed by atoms with van der Waals surface area (Å²) in [5.41, 5.74) is 1.09. The minimum Gasteiger partial charge on any atom is -0.430 e. The van der Waals surface area contributed by atoms with Crippen molar-refractivity contribution in [2.24, 2.45) is 0 Å². The molecule has 2 unspecified atom stereocenters. The van der Waals surface area contributed by atoms with Crippen LogP contribution in [0.1, 0.15) is 30.9 Å². The van der Waals surface area contributed by atoms with Crippen LogP contribution in [0.4, 0.5) is 0 Å². The lowest BCUT2D eigenvalue weighted by Crippen LogP contribution is -2.27. The number of esters is 1. The van der Waals surface area contributed by atoms with Gasteiger partial charge in [-0.05, 0) is 12.0 Å². The van der Waals surface area contributed by atoms with Crippen LogP contribution in [-0.2, 0) is 14.3 Å². The summed E-state index contributed by atoms with van der Waals surface area (Å²) in [6.45, 7) is 0. The maximum absolute atomic E-state index is 11.2. The van der Waals surface area contributed by atoms with E-state index in [-0.39, 0.29) is 12.1 Å². The van der Waals surface area contributed by atoms with Gasteiger partial charge in [0, 0.05) is 12.8 Å². The average Bonchev–Trinajstić information content (AvgIpc) is 2.93.